The zero-order valence-electron chi connectivity index (χ0n) is 16.4. The topological polar surface area (TPSA) is 51.4 Å². The number of hydrogen-bond donors (Lipinski definition) is 2. The van der Waals surface area contributed by atoms with E-state index in [1.165, 1.54) is 16.5 Å². The molecule has 5 heteroatoms. The third-order valence-corrected chi connectivity index (χ3v) is 4.92. The van der Waals surface area contributed by atoms with Crippen LogP contribution in [0.1, 0.15) is 27.0 Å². The number of amides is 1. The lowest BCUT2D eigenvalue weighted by molar-refractivity contribution is 0.0966. The third-order valence-electron chi connectivity index (χ3n) is 4.92. The Morgan fingerprint density at radius 1 is 0.926 bits per heavy atom. The Morgan fingerprint density at radius 2 is 1.67 bits per heavy atom. The lowest BCUT2D eigenvalue weighted by Gasteiger charge is -2.13. The number of aromatic amines is 1. The summed E-state index contributed by atoms with van der Waals surface area (Å²) in [6, 6.07) is 13.0. The maximum Gasteiger partial charge on any atom is 0.252 e. The molecule has 0 radical (unpaired) electrons. The van der Waals surface area contributed by atoms with Gasteiger partial charge in [0.05, 0.1) is 5.56 Å². The molecule has 27 heavy (non-hydrogen) atoms. The molecule has 0 saturated heterocycles. The monoisotopic (exact) mass is 362 g/mol. The van der Waals surface area contributed by atoms with Gasteiger partial charge < -0.3 is 20.1 Å². The van der Waals surface area contributed by atoms with Crippen LogP contribution < -0.4 is 5.32 Å². The first-order chi connectivity index (χ1) is 12.9. The van der Waals surface area contributed by atoms with Gasteiger partial charge in [0.1, 0.15) is 0 Å². The van der Waals surface area contributed by atoms with Crippen LogP contribution in [0.4, 0.5) is 0 Å². The van der Waals surface area contributed by atoms with Gasteiger partial charge in [-0.25, -0.2) is 0 Å². The molecule has 1 aliphatic heterocycles. The maximum absolute atomic E-state index is 12.4. The summed E-state index contributed by atoms with van der Waals surface area (Å²) in [5, 5.41) is 4.14. The molecule has 0 spiro atoms. The highest BCUT2D eigenvalue weighted by Gasteiger charge is 2.25. The fourth-order valence-corrected chi connectivity index (χ4v) is 3.90. The lowest BCUT2D eigenvalue weighted by Crippen LogP contribution is -2.13. The standard InChI is InChI=1S/C22H26N4O/c1-25(2)12-14-5-6-19-16(7-14)10-20(24-19)18-9-15(13-26(3)4)8-17-11-23-22(27)21(17)18/h5-10,24H,11-13H2,1-4H3,(H,23,27). The van der Waals surface area contributed by atoms with Crippen LogP contribution in [0.5, 0.6) is 0 Å². The van der Waals surface area contributed by atoms with Crippen molar-refractivity contribution in [2.45, 2.75) is 19.6 Å². The molecule has 0 bridgehead atoms. The number of H-pyrrole nitrogens is 1. The highest BCUT2D eigenvalue weighted by atomic mass is 16.1. The van der Waals surface area contributed by atoms with Crippen LogP contribution in [0, 0.1) is 0 Å². The number of benzene rings is 2. The number of carbonyl (C=O) groups is 1. The molecule has 2 heterocycles. The van der Waals surface area contributed by atoms with E-state index >= 15 is 0 Å². The third kappa shape index (κ3) is 3.48. The normalized spacial score (nSPS) is 13.6. The fourth-order valence-electron chi connectivity index (χ4n) is 3.90. The predicted octanol–water partition coefficient (Wildman–Crippen LogP) is 3.20. The molecule has 1 aromatic heterocycles. The van der Waals surface area contributed by atoms with E-state index in [4.69, 9.17) is 0 Å². The Labute approximate surface area is 160 Å². The molecule has 0 unspecified atom stereocenters. The Bertz CT molecular complexity index is 1020. The number of nitrogens with one attached hydrogen (secondary N) is 2. The van der Waals surface area contributed by atoms with Crippen molar-refractivity contribution in [3.63, 3.8) is 0 Å². The van der Waals surface area contributed by atoms with Crippen molar-refractivity contribution < 1.29 is 4.79 Å². The van der Waals surface area contributed by atoms with E-state index in [1.54, 1.807) is 0 Å². The molecule has 0 fully saturated rings. The summed E-state index contributed by atoms with van der Waals surface area (Å²) in [5.41, 5.74) is 7.47. The Kier molecular flexibility index (Phi) is 4.50. The van der Waals surface area contributed by atoms with Crippen molar-refractivity contribution in [3.05, 3.63) is 58.7 Å². The van der Waals surface area contributed by atoms with Crippen molar-refractivity contribution in [2.75, 3.05) is 28.2 Å². The molecular formula is C22H26N4O. The van der Waals surface area contributed by atoms with Gasteiger partial charge >= 0.3 is 0 Å². The number of hydrogen-bond acceptors (Lipinski definition) is 3. The highest BCUT2D eigenvalue weighted by Crippen LogP contribution is 2.33. The van der Waals surface area contributed by atoms with Crippen molar-refractivity contribution in [1.82, 2.24) is 20.1 Å². The Hall–Kier alpha value is -2.63. The molecule has 0 atom stereocenters. The zero-order valence-corrected chi connectivity index (χ0v) is 16.4. The number of fused-ring (bicyclic) bond motifs is 2. The second kappa shape index (κ2) is 6.83. The molecule has 5 nitrogen and oxygen atoms in total. The van der Waals surface area contributed by atoms with Gasteiger partial charge in [0.25, 0.3) is 5.91 Å². The molecular weight excluding hydrogens is 336 g/mol. The van der Waals surface area contributed by atoms with Gasteiger partial charge in [-0.05, 0) is 69.1 Å². The minimum atomic E-state index is 0.0170. The summed E-state index contributed by atoms with van der Waals surface area (Å²) in [6.45, 7) is 2.36. The zero-order chi connectivity index (χ0) is 19.1. The van der Waals surface area contributed by atoms with Crippen LogP contribution in [-0.4, -0.2) is 48.9 Å². The number of nitrogens with zero attached hydrogens (tertiary/aromatic N) is 2. The minimum Gasteiger partial charge on any atom is -0.355 e. The molecule has 3 aromatic rings. The van der Waals surface area contributed by atoms with Crippen LogP contribution in [0.15, 0.2) is 36.4 Å². The van der Waals surface area contributed by atoms with Crippen LogP contribution >= 0.6 is 0 Å². The molecule has 140 valence electrons. The van der Waals surface area contributed by atoms with Crippen molar-refractivity contribution >= 4 is 16.8 Å². The van der Waals surface area contributed by atoms with E-state index in [0.717, 1.165) is 41.0 Å². The molecule has 2 aromatic carbocycles. The molecule has 0 saturated carbocycles. The van der Waals surface area contributed by atoms with E-state index < -0.39 is 0 Å². The van der Waals surface area contributed by atoms with E-state index in [-0.39, 0.29) is 5.91 Å². The van der Waals surface area contributed by atoms with E-state index in [2.05, 4.69) is 84.7 Å². The van der Waals surface area contributed by atoms with Gasteiger partial charge in [-0.1, -0.05) is 12.1 Å². The van der Waals surface area contributed by atoms with Crippen molar-refractivity contribution in [3.8, 4) is 11.3 Å². The second-order valence-electron chi connectivity index (χ2n) is 7.94. The summed E-state index contributed by atoms with van der Waals surface area (Å²) in [7, 11) is 8.27. The van der Waals surface area contributed by atoms with Crippen LogP contribution in [0.25, 0.3) is 22.2 Å². The summed E-state index contributed by atoms with van der Waals surface area (Å²) in [4.78, 5) is 20.3. The summed E-state index contributed by atoms with van der Waals surface area (Å²) in [6.07, 6.45) is 0. The van der Waals surface area contributed by atoms with Crippen LogP contribution in [-0.2, 0) is 19.6 Å². The average molecular weight is 362 g/mol. The molecule has 1 aliphatic rings. The van der Waals surface area contributed by atoms with Crippen LogP contribution in [0.2, 0.25) is 0 Å². The summed E-state index contributed by atoms with van der Waals surface area (Å²) in [5.74, 6) is 0.0170. The molecule has 0 aliphatic carbocycles. The Balaban J connectivity index is 1.82. The lowest BCUT2D eigenvalue weighted by atomic mass is 9.97. The first-order valence-electron chi connectivity index (χ1n) is 9.26. The van der Waals surface area contributed by atoms with Gasteiger partial charge in [-0.2, -0.15) is 0 Å². The van der Waals surface area contributed by atoms with E-state index in [9.17, 15) is 4.79 Å². The van der Waals surface area contributed by atoms with Gasteiger partial charge in [0.15, 0.2) is 0 Å². The average Bonchev–Trinajstić information content (AvgIpc) is 3.16. The SMILES string of the molecule is CN(C)Cc1cc2c(c(-c3cc4cc(CN(C)C)ccc4[nH]3)c1)C(=O)NC2. The van der Waals surface area contributed by atoms with E-state index in [0.29, 0.717) is 6.54 Å². The van der Waals surface area contributed by atoms with Crippen molar-refractivity contribution in [1.29, 1.82) is 0 Å². The van der Waals surface area contributed by atoms with Crippen molar-refractivity contribution in [2.24, 2.45) is 0 Å². The van der Waals surface area contributed by atoms with E-state index in [1.807, 2.05) is 0 Å². The summed E-state index contributed by atoms with van der Waals surface area (Å²) < 4.78 is 0. The first-order valence-corrected chi connectivity index (χ1v) is 9.26. The second-order valence-corrected chi connectivity index (χ2v) is 7.94. The highest BCUT2D eigenvalue weighted by molar-refractivity contribution is 6.05. The largest absolute Gasteiger partial charge is 0.355 e. The summed E-state index contributed by atoms with van der Waals surface area (Å²) >= 11 is 0. The number of rotatable bonds is 5. The Morgan fingerprint density at radius 3 is 2.41 bits per heavy atom. The predicted molar refractivity (Wildman–Crippen MR) is 110 cm³/mol. The maximum atomic E-state index is 12.4. The van der Waals surface area contributed by atoms with Gasteiger partial charge in [-0.15, -0.1) is 0 Å². The minimum absolute atomic E-state index is 0.0170. The first kappa shape index (κ1) is 17.8. The molecule has 1 amide bonds. The van der Waals surface area contributed by atoms with Crippen LogP contribution in [0.3, 0.4) is 0 Å². The van der Waals surface area contributed by atoms with Gasteiger partial charge in [0.2, 0.25) is 0 Å². The van der Waals surface area contributed by atoms with Gasteiger partial charge in [-0.3, -0.25) is 4.79 Å². The quantitative estimate of drug-likeness (QED) is 0.733. The fraction of sp³-hybridized carbons (Fsp3) is 0.318. The molecule has 4 rings (SSSR count). The smallest absolute Gasteiger partial charge is 0.252 e. The number of aromatic nitrogens is 1. The van der Waals surface area contributed by atoms with Gasteiger partial charge in [0, 0.05) is 41.8 Å². The number of carbonyl (C=O) groups excluding carboxylic acids is 1. The molecule has 2 N–H and O–H groups in total.